The summed E-state index contributed by atoms with van der Waals surface area (Å²) in [6.07, 6.45) is 1.05. The number of methoxy groups -OCH3 is 1. The molecule has 0 aliphatic heterocycles. The highest BCUT2D eigenvalue weighted by Crippen LogP contribution is 2.26. The zero-order chi connectivity index (χ0) is 14.3. The molecule has 19 heavy (non-hydrogen) atoms. The molecule has 0 saturated carbocycles. The van der Waals surface area contributed by atoms with E-state index in [1.165, 1.54) is 12.1 Å². The number of rotatable bonds is 8. The molecule has 0 aromatic heterocycles. The van der Waals surface area contributed by atoms with Crippen LogP contribution in [0.3, 0.4) is 0 Å². The van der Waals surface area contributed by atoms with Gasteiger partial charge >= 0.3 is 0 Å². The van der Waals surface area contributed by atoms with Crippen molar-refractivity contribution in [3.8, 4) is 5.75 Å². The van der Waals surface area contributed by atoms with Crippen LogP contribution in [0.25, 0.3) is 0 Å². The molecule has 0 heterocycles. The first-order chi connectivity index (χ1) is 9.08. The summed E-state index contributed by atoms with van der Waals surface area (Å²) in [5, 5.41) is 3.34. The lowest BCUT2D eigenvalue weighted by molar-refractivity contribution is 0.0711. The molecule has 108 valence electrons. The Labute approximate surface area is 115 Å². The largest absolute Gasteiger partial charge is 0.491 e. The van der Waals surface area contributed by atoms with E-state index in [0.717, 1.165) is 18.5 Å². The van der Waals surface area contributed by atoms with Gasteiger partial charge < -0.3 is 14.8 Å². The van der Waals surface area contributed by atoms with E-state index in [1.807, 2.05) is 13.8 Å². The Kier molecular flexibility index (Phi) is 6.81. The van der Waals surface area contributed by atoms with E-state index in [1.54, 1.807) is 13.2 Å². The molecule has 0 radical (unpaired) electrons. The fraction of sp³-hybridized carbons (Fsp3) is 0.600. The van der Waals surface area contributed by atoms with Crippen molar-refractivity contribution in [1.29, 1.82) is 0 Å². The lowest BCUT2D eigenvalue weighted by Crippen LogP contribution is -2.21. The molecule has 1 aromatic rings. The van der Waals surface area contributed by atoms with Crippen LogP contribution in [0.1, 0.15) is 38.8 Å². The lowest BCUT2D eigenvalue weighted by Gasteiger charge is -2.19. The van der Waals surface area contributed by atoms with Gasteiger partial charge in [0.1, 0.15) is 18.2 Å². The molecule has 2 unspecified atom stereocenters. The van der Waals surface area contributed by atoms with Crippen LogP contribution in [-0.2, 0) is 4.74 Å². The van der Waals surface area contributed by atoms with Crippen molar-refractivity contribution in [3.63, 3.8) is 0 Å². The van der Waals surface area contributed by atoms with E-state index in [-0.39, 0.29) is 18.0 Å². The number of halogens is 1. The molecule has 0 saturated heterocycles. The Morgan fingerprint density at radius 3 is 2.68 bits per heavy atom. The number of hydrogen-bond donors (Lipinski definition) is 1. The van der Waals surface area contributed by atoms with Gasteiger partial charge in [-0.2, -0.15) is 0 Å². The highest BCUT2D eigenvalue weighted by molar-refractivity contribution is 5.36. The summed E-state index contributed by atoms with van der Waals surface area (Å²) in [5.41, 5.74) is 0.844. The summed E-state index contributed by atoms with van der Waals surface area (Å²) in [4.78, 5) is 0. The third kappa shape index (κ3) is 5.17. The van der Waals surface area contributed by atoms with Crippen LogP contribution >= 0.6 is 0 Å². The Hall–Kier alpha value is -1.13. The maximum Gasteiger partial charge on any atom is 0.124 e. The first kappa shape index (κ1) is 15.9. The number of benzene rings is 1. The van der Waals surface area contributed by atoms with E-state index in [2.05, 4.69) is 12.2 Å². The molecule has 1 N–H and O–H groups in total. The molecule has 0 bridgehead atoms. The second-order valence-electron chi connectivity index (χ2n) is 4.72. The van der Waals surface area contributed by atoms with E-state index in [0.29, 0.717) is 12.4 Å². The number of nitrogens with one attached hydrogen (secondary N) is 1. The van der Waals surface area contributed by atoms with Crippen LogP contribution in [0.2, 0.25) is 0 Å². The van der Waals surface area contributed by atoms with Gasteiger partial charge in [0, 0.05) is 18.7 Å². The van der Waals surface area contributed by atoms with Crippen LogP contribution in [-0.4, -0.2) is 26.4 Å². The Balaban J connectivity index is 2.78. The molecule has 4 heteroatoms. The molecule has 0 amide bonds. The van der Waals surface area contributed by atoms with Crippen molar-refractivity contribution < 1.29 is 13.9 Å². The predicted octanol–water partition coefficient (Wildman–Crippen LogP) is 3.30. The minimum atomic E-state index is -0.243. The zero-order valence-corrected chi connectivity index (χ0v) is 12.2. The average molecular weight is 269 g/mol. The van der Waals surface area contributed by atoms with Crippen molar-refractivity contribution >= 4 is 0 Å². The van der Waals surface area contributed by atoms with Gasteiger partial charge in [-0.3, -0.25) is 0 Å². The van der Waals surface area contributed by atoms with Gasteiger partial charge in [-0.05, 0) is 45.0 Å². The molecule has 2 atom stereocenters. The highest BCUT2D eigenvalue weighted by Gasteiger charge is 2.13. The number of hydrogen-bond acceptors (Lipinski definition) is 3. The summed E-state index contributed by atoms with van der Waals surface area (Å²) >= 11 is 0. The average Bonchev–Trinajstić information content (AvgIpc) is 2.42. The van der Waals surface area contributed by atoms with Gasteiger partial charge in [0.15, 0.2) is 0 Å². The predicted molar refractivity (Wildman–Crippen MR) is 75.1 cm³/mol. The maximum atomic E-state index is 13.4. The molecule has 3 nitrogen and oxygen atoms in total. The minimum absolute atomic E-state index is 0.0109. The lowest BCUT2D eigenvalue weighted by atomic mass is 10.1. The van der Waals surface area contributed by atoms with Gasteiger partial charge in [0.25, 0.3) is 0 Å². The summed E-state index contributed by atoms with van der Waals surface area (Å²) in [5.74, 6) is 0.466. The topological polar surface area (TPSA) is 30.5 Å². The van der Waals surface area contributed by atoms with Gasteiger partial charge in [-0.15, -0.1) is 0 Å². The zero-order valence-electron chi connectivity index (χ0n) is 12.2. The van der Waals surface area contributed by atoms with Crippen molar-refractivity contribution in [1.82, 2.24) is 5.32 Å². The molecular weight excluding hydrogens is 245 g/mol. The molecule has 0 aliphatic carbocycles. The number of ether oxygens (including phenoxy) is 2. The van der Waals surface area contributed by atoms with Crippen molar-refractivity contribution in [3.05, 3.63) is 29.6 Å². The third-order valence-electron chi connectivity index (χ3n) is 3.01. The minimum Gasteiger partial charge on any atom is -0.491 e. The Morgan fingerprint density at radius 1 is 1.32 bits per heavy atom. The Bertz CT molecular complexity index is 384. The van der Waals surface area contributed by atoms with E-state index >= 15 is 0 Å². The van der Waals surface area contributed by atoms with Crippen LogP contribution in [0.4, 0.5) is 4.39 Å². The normalized spacial score (nSPS) is 14.2. The van der Waals surface area contributed by atoms with E-state index in [4.69, 9.17) is 9.47 Å². The van der Waals surface area contributed by atoms with E-state index < -0.39 is 0 Å². The molecular formula is C15H24FNO2. The van der Waals surface area contributed by atoms with Crippen LogP contribution in [0.5, 0.6) is 5.75 Å². The molecule has 0 fully saturated rings. The smallest absolute Gasteiger partial charge is 0.124 e. The fourth-order valence-corrected chi connectivity index (χ4v) is 1.74. The second-order valence-corrected chi connectivity index (χ2v) is 4.72. The standard InChI is InChI=1S/C15H24FNO2/c1-5-8-17-12(3)14-9-13(16)6-7-15(14)19-10-11(2)18-4/h6-7,9,11-12,17H,5,8,10H2,1-4H3. The van der Waals surface area contributed by atoms with Crippen molar-refractivity contribution in [2.75, 3.05) is 20.3 Å². The molecule has 1 rings (SSSR count). The van der Waals surface area contributed by atoms with E-state index in [9.17, 15) is 4.39 Å². The Morgan fingerprint density at radius 2 is 2.05 bits per heavy atom. The molecule has 0 spiro atoms. The second kappa shape index (κ2) is 8.12. The van der Waals surface area contributed by atoms with Crippen LogP contribution in [0, 0.1) is 5.82 Å². The summed E-state index contributed by atoms with van der Waals surface area (Å²) < 4.78 is 24.2. The first-order valence-electron chi connectivity index (χ1n) is 6.76. The molecule has 0 aliphatic rings. The fourth-order valence-electron chi connectivity index (χ4n) is 1.74. The van der Waals surface area contributed by atoms with Gasteiger partial charge in [0.05, 0.1) is 6.10 Å². The SMILES string of the molecule is CCCNC(C)c1cc(F)ccc1OCC(C)OC. The van der Waals surface area contributed by atoms with Gasteiger partial charge in [-0.1, -0.05) is 6.92 Å². The van der Waals surface area contributed by atoms with Crippen molar-refractivity contribution in [2.24, 2.45) is 0 Å². The van der Waals surface area contributed by atoms with Crippen LogP contribution < -0.4 is 10.1 Å². The summed E-state index contributed by atoms with van der Waals surface area (Å²) in [7, 11) is 1.64. The monoisotopic (exact) mass is 269 g/mol. The molecule has 1 aromatic carbocycles. The maximum absolute atomic E-state index is 13.4. The van der Waals surface area contributed by atoms with Gasteiger partial charge in [0.2, 0.25) is 0 Å². The highest BCUT2D eigenvalue weighted by atomic mass is 19.1. The summed E-state index contributed by atoms with van der Waals surface area (Å²) in [6, 6.07) is 4.68. The first-order valence-corrected chi connectivity index (χ1v) is 6.76. The van der Waals surface area contributed by atoms with Crippen molar-refractivity contribution in [2.45, 2.75) is 39.3 Å². The quantitative estimate of drug-likeness (QED) is 0.785. The third-order valence-corrected chi connectivity index (χ3v) is 3.01. The summed E-state index contributed by atoms with van der Waals surface area (Å²) in [6.45, 7) is 7.39. The van der Waals surface area contributed by atoms with Crippen LogP contribution in [0.15, 0.2) is 18.2 Å². The van der Waals surface area contributed by atoms with Gasteiger partial charge in [-0.25, -0.2) is 4.39 Å².